The summed E-state index contributed by atoms with van der Waals surface area (Å²) in [6.45, 7) is 1.77. The highest BCUT2D eigenvalue weighted by atomic mass is 16.4. The van der Waals surface area contributed by atoms with Gasteiger partial charge in [-0.3, -0.25) is 0 Å². The highest BCUT2D eigenvalue weighted by molar-refractivity contribution is 5.82. The van der Waals surface area contributed by atoms with Gasteiger partial charge in [0, 0.05) is 6.08 Å². The van der Waals surface area contributed by atoms with E-state index in [9.17, 15) is 4.79 Å². The van der Waals surface area contributed by atoms with Crippen molar-refractivity contribution in [3.63, 3.8) is 0 Å². The van der Waals surface area contributed by atoms with Gasteiger partial charge in [0.1, 0.15) is 0 Å². The SMILES string of the molecule is CC(C=Cc1ccc2nc3c(nc2c1)CCCC3)=CC(=O)O. The van der Waals surface area contributed by atoms with Gasteiger partial charge >= 0.3 is 5.97 Å². The summed E-state index contributed by atoms with van der Waals surface area (Å²) >= 11 is 0. The number of carbonyl (C=O) groups is 1. The second-order valence-corrected chi connectivity index (χ2v) is 5.63. The first-order valence-electron chi connectivity index (χ1n) is 7.51. The molecule has 1 aliphatic carbocycles. The Morgan fingerprint density at radius 1 is 1.14 bits per heavy atom. The number of aryl methyl sites for hydroxylation is 2. The lowest BCUT2D eigenvalue weighted by Crippen LogP contribution is -2.08. The molecular formula is C18H18N2O2. The molecule has 1 aliphatic rings. The molecule has 0 spiro atoms. The van der Waals surface area contributed by atoms with E-state index in [0.29, 0.717) is 5.57 Å². The van der Waals surface area contributed by atoms with Crippen LogP contribution < -0.4 is 0 Å². The topological polar surface area (TPSA) is 63.1 Å². The molecule has 0 aliphatic heterocycles. The Morgan fingerprint density at radius 3 is 2.50 bits per heavy atom. The number of carboxylic acid groups (broad SMARTS) is 1. The first kappa shape index (κ1) is 14.4. The van der Waals surface area contributed by atoms with Gasteiger partial charge in [0.2, 0.25) is 0 Å². The quantitative estimate of drug-likeness (QED) is 0.694. The summed E-state index contributed by atoms with van der Waals surface area (Å²) in [5.74, 6) is -0.932. The smallest absolute Gasteiger partial charge is 0.328 e. The number of hydrogen-bond donors (Lipinski definition) is 1. The van der Waals surface area contributed by atoms with E-state index in [1.807, 2.05) is 24.3 Å². The molecule has 2 aromatic rings. The molecular weight excluding hydrogens is 276 g/mol. The van der Waals surface area contributed by atoms with Crippen LogP contribution in [0.4, 0.5) is 0 Å². The maximum atomic E-state index is 10.6. The molecule has 1 N–H and O–H groups in total. The standard InChI is InChI=1S/C18H18N2O2/c1-12(10-18(21)22)6-7-13-8-9-16-17(11-13)20-15-5-3-2-4-14(15)19-16/h6-11H,2-5H2,1H3,(H,21,22). The van der Waals surface area contributed by atoms with Gasteiger partial charge in [-0.15, -0.1) is 0 Å². The van der Waals surface area contributed by atoms with Crippen molar-refractivity contribution in [2.45, 2.75) is 32.6 Å². The monoisotopic (exact) mass is 294 g/mol. The van der Waals surface area contributed by atoms with E-state index >= 15 is 0 Å². The van der Waals surface area contributed by atoms with Crippen LogP contribution in [0.25, 0.3) is 17.1 Å². The number of rotatable bonds is 3. The largest absolute Gasteiger partial charge is 0.478 e. The van der Waals surface area contributed by atoms with Crippen LogP contribution >= 0.6 is 0 Å². The number of hydrogen-bond acceptors (Lipinski definition) is 3. The van der Waals surface area contributed by atoms with E-state index in [1.165, 1.54) is 18.9 Å². The number of aromatic nitrogens is 2. The molecule has 1 aromatic carbocycles. The third kappa shape index (κ3) is 3.22. The normalized spacial score (nSPS) is 15.2. The Hall–Kier alpha value is -2.49. The van der Waals surface area contributed by atoms with Crippen LogP contribution in [0, 0.1) is 0 Å². The zero-order chi connectivity index (χ0) is 15.5. The lowest BCUT2D eigenvalue weighted by atomic mass is 10.00. The van der Waals surface area contributed by atoms with Crippen LogP contribution in [0.3, 0.4) is 0 Å². The number of aliphatic carboxylic acids is 1. The van der Waals surface area contributed by atoms with Crippen LogP contribution in [0.15, 0.2) is 35.9 Å². The molecule has 0 fully saturated rings. The average Bonchev–Trinajstić information content (AvgIpc) is 2.50. The summed E-state index contributed by atoms with van der Waals surface area (Å²) in [4.78, 5) is 20.1. The maximum Gasteiger partial charge on any atom is 0.328 e. The van der Waals surface area contributed by atoms with Crippen molar-refractivity contribution in [3.8, 4) is 0 Å². The fraction of sp³-hybridized carbons (Fsp3) is 0.278. The van der Waals surface area contributed by atoms with Crippen molar-refractivity contribution >= 4 is 23.1 Å². The first-order chi connectivity index (χ1) is 10.6. The van der Waals surface area contributed by atoms with Crippen LogP contribution in [0.1, 0.15) is 36.7 Å². The molecule has 0 unspecified atom stereocenters. The van der Waals surface area contributed by atoms with E-state index in [0.717, 1.165) is 40.8 Å². The number of nitrogens with zero attached hydrogens (tertiary/aromatic N) is 2. The lowest BCUT2D eigenvalue weighted by molar-refractivity contribution is -0.131. The molecule has 0 amide bonds. The summed E-state index contributed by atoms with van der Waals surface area (Å²) in [6, 6.07) is 5.96. The number of fused-ring (bicyclic) bond motifs is 2. The fourth-order valence-electron chi connectivity index (χ4n) is 2.70. The molecule has 0 saturated heterocycles. The molecule has 4 heteroatoms. The highest BCUT2D eigenvalue weighted by Gasteiger charge is 2.13. The van der Waals surface area contributed by atoms with Gasteiger partial charge in [-0.1, -0.05) is 18.2 Å². The van der Waals surface area contributed by atoms with Gasteiger partial charge in [0.25, 0.3) is 0 Å². The lowest BCUT2D eigenvalue weighted by Gasteiger charge is -2.14. The number of benzene rings is 1. The van der Waals surface area contributed by atoms with Crippen LogP contribution in [0.5, 0.6) is 0 Å². The van der Waals surface area contributed by atoms with Gasteiger partial charge in [-0.25, -0.2) is 14.8 Å². The molecule has 112 valence electrons. The Labute approximate surface area is 129 Å². The summed E-state index contributed by atoms with van der Waals surface area (Å²) in [7, 11) is 0. The predicted molar refractivity (Wildman–Crippen MR) is 86.6 cm³/mol. The van der Waals surface area contributed by atoms with Crippen LogP contribution in [-0.2, 0) is 17.6 Å². The fourth-order valence-corrected chi connectivity index (χ4v) is 2.70. The molecule has 4 nitrogen and oxygen atoms in total. The molecule has 1 aromatic heterocycles. The van der Waals surface area contributed by atoms with E-state index in [2.05, 4.69) is 0 Å². The molecule has 0 saturated carbocycles. The number of carboxylic acids is 1. The third-order valence-corrected chi connectivity index (χ3v) is 3.81. The zero-order valence-electron chi connectivity index (χ0n) is 12.5. The molecule has 0 atom stereocenters. The van der Waals surface area contributed by atoms with E-state index < -0.39 is 5.97 Å². The predicted octanol–water partition coefficient (Wildman–Crippen LogP) is 3.55. The summed E-state index contributed by atoms with van der Waals surface area (Å²) in [5, 5.41) is 8.71. The van der Waals surface area contributed by atoms with Gasteiger partial charge in [0.05, 0.1) is 22.4 Å². The van der Waals surface area contributed by atoms with Gasteiger partial charge in [0.15, 0.2) is 0 Å². The Bertz CT molecular complexity index is 791. The summed E-state index contributed by atoms with van der Waals surface area (Å²) in [6.07, 6.45) is 9.30. The Kier molecular flexibility index (Phi) is 4.00. The third-order valence-electron chi connectivity index (χ3n) is 3.81. The van der Waals surface area contributed by atoms with Gasteiger partial charge in [-0.05, 0) is 55.9 Å². The van der Waals surface area contributed by atoms with Crippen molar-refractivity contribution in [2.75, 3.05) is 0 Å². The first-order valence-corrected chi connectivity index (χ1v) is 7.51. The van der Waals surface area contributed by atoms with Crippen molar-refractivity contribution in [1.82, 2.24) is 9.97 Å². The van der Waals surface area contributed by atoms with Gasteiger partial charge < -0.3 is 5.11 Å². The van der Waals surface area contributed by atoms with Crippen molar-refractivity contribution in [1.29, 1.82) is 0 Å². The minimum absolute atomic E-state index is 0.698. The zero-order valence-corrected chi connectivity index (χ0v) is 12.5. The van der Waals surface area contributed by atoms with E-state index in [-0.39, 0.29) is 0 Å². The minimum Gasteiger partial charge on any atom is -0.478 e. The Morgan fingerprint density at radius 2 is 1.82 bits per heavy atom. The Balaban J connectivity index is 1.92. The summed E-state index contributed by atoms with van der Waals surface area (Å²) < 4.78 is 0. The van der Waals surface area contributed by atoms with Crippen LogP contribution in [-0.4, -0.2) is 21.0 Å². The van der Waals surface area contributed by atoms with Gasteiger partial charge in [-0.2, -0.15) is 0 Å². The number of allylic oxidation sites excluding steroid dienone is 2. The average molecular weight is 294 g/mol. The van der Waals surface area contributed by atoms with E-state index in [1.54, 1.807) is 13.0 Å². The maximum absolute atomic E-state index is 10.6. The highest BCUT2D eigenvalue weighted by Crippen LogP contribution is 2.22. The van der Waals surface area contributed by atoms with Crippen molar-refractivity contribution < 1.29 is 9.90 Å². The molecule has 3 rings (SSSR count). The van der Waals surface area contributed by atoms with Crippen molar-refractivity contribution in [3.05, 3.63) is 52.9 Å². The van der Waals surface area contributed by atoms with Crippen LogP contribution in [0.2, 0.25) is 0 Å². The summed E-state index contributed by atoms with van der Waals surface area (Å²) in [5.41, 5.74) is 5.79. The minimum atomic E-state index is -0.932. The molecule has 1 heterocycles. The molecule has 22 heavy (non-hydrogen) atoms. The molecule has 0 bridgehead atoms. The van der Waals surface area contributed by atoms with Crippen molar-refractivity contribution in [2.24, 2.45) is 0 Å². The second-order valence-electron chi connectivity index (χ2n) is 5.63. The second kappa shape index (κ2) is 6.10. The molecule has 0 radical (unpaired) electrons. The van der Waals surface area contributed by atoms with E-state index in [4.69, 9.17) is 15.1 Å².